The zero-order valence-electron chi connectivity index (χ0n) is 10.2. The van der Waals surface area contributed by atoms with Crippen molar-refractivity contribution in [1.82, 2.24) is 15.1 Å². The maximum absolute atomic E-state index is 11.7. The SMILES string of the molecule is CC(=O)N1CCC(c2cc(C)n[nH]c2=O)CC1. The molecule has 0 atom stereocenters. The van der Waals surface area contributed by atoms with E-state index in [4.69, 9.17) is 0 Å². The molecule has 1 amide bonds. The van der Waals surface area contributed by atoms with Crippen LogP contribution in [-0.4, -0.2) is 34.1 Å². The van der Waals surface area contributed by atoms with Gasteiger partial charge in [0.15, 0.2) is 0 Å². The molecule has 1 fully saturated rings. The third-order valence-corrected chi connectivity index (χ3v) is 3.34. The third kappa shape index (κ3) is 2.54. The molecule has 0 radical (unpaired) electrons. The Labute approximate surface area is 99.8 Å². The lowest BCUT2D eigenvalue weighted by Gasteiger charge is -2.31. The molecule has 92 valence electrons. The minimum atomic E-state index is -0.100. The first-order valence-electron chi connectivity index (χ1n) is 5.89. The molecule has 1 aromatic heterocycles. The van der Waals surface area contributed by atoms with Gasteiger partial charge in [0.05, 0.1) is 5.69 Å². The summed E-state index contributed by atoms with van der Waals surface area (Å²) in [6.45, 7) is 4.93. The van der Waals surface area contributed by atoms with E-state index in [0.29, 0.717) is 0 Å². The predicted octanol–water partition coefficient (Wildman–Crippen LogP) is 0.804. The zero-order chi connectivity index (χ0) is 12.4. The van der Waals surface area contributed by atoms with E-state index in [2.05, 4.69) is 10.2 Å². The van der Waals surface area contributed by atoms with Crippen molar-refractivity contribution in [3.8, 4) is 0 Å². The van der Waals surface area contributed by atoms with Gasteiger partial charge >= 0.3 is 0 Å². The van der Waals surface area contributed by atoms with Gasteiger partial charge in [-0.15, -0.1) is 0 Å². The number of carbonyl (C=O) groups excluding carboxylic acids is 1. The molecule has 2 heterocycles. The van der Waals surface area contributed by atoms with Gasteiger partial charge in [-0.2, -0.15) is 5.10 Å². The molecule has 1 N–H and O–H groups in total. The van der Waals surface area contributed by atoms with Crippen LogP contribution in [0.2, 0.25) is 0 Å². The highest BCUT2D eigenvalue weighted by atomic mass is 16.2. The van der Waals surface area contributed by atoms with Gasteiger partial charge in [0.2, 0.25) is 5.91 Å². The molecule has 1 saturated heterocycles. The highest BCUT2D eigenvalue weighted by Crippen LogP contribution is 2.25. The number of nitrogens with one attached hydrogen (secondary N) is 1. The second-order valence-electron chi connectivity index (χ2n) is 4.57. The number of nitrogens with zero attached hydrogens (tertiary/aromatic N) is 2. The van der Waals surface area contributed by atoms with Gasteiger partial charge in [-0.3, -0.25) is 9.59 Å². The van der Waals surface area contributed by atoms with Crippen LogP contribution in [0.4, 0.5) is 0 Å². The number of rotatable bonds is 1. The van der Waals surface area contributed by atoms with Gasteiger partial charge in [-0.25, -0.2) is 5.10 Å². The van der Waals surface area contributed by atoms with Crippen LogP contribution in [0, 0.1) is 6.92 Å². The lowest BCUT2D eigenvalue weighted by Crippen LogP contribution is -2.37. The Bertz CT molecular complexity index is 473. The molecule has 0 unspecified atom stereocenters. The first kappa shape index (κ1) is 11.8. The number of aromatic nitrogens is 2. The standard InChI is InChI=1S/C12H17N3O2/c1-8-7-11(12(17)14-13-8)10-3-5-15(6-4-10)9(2)16/h7,10H,3-6H2,1-2H3,(H,14,17). The largest absolute Gasteiger partial charge is 0.343 e. The lowest BCUT2D eigenvalue weighted by atomic mass is 9.90. The lowest BCUT2D eigenvalue weighted by molar-refractivity contribution is -0.129. The molecule has 2 rings (SSSR count). The Morgan fingerprint density at radius 1 is 1.47 bits per heavy atom. The summed E-state index contributed by atoms with van der Waals surface area (Å²) in [5.74, 6) is 0.360. The van der Waals surface area contributed by atoms with Crippen LogP contribution >= 0.6 is 0 Å². The maximum Gasteiger partial charge on any atom is 0.267 e. The molecular weight excluding hydrogens is 218 g/mol. The zero-order valence-corrected chi connectivity index (χ0v) is 10.2. The number of amides is 1. The van der Waals surface area contributed by atoms with Crippen LogP contribution in [0.3, 0.4) is 0 Å². The monoisotopic (exact) mass is 235 g/mol. The topological polar surface area (TPSA) is 66.1 Å². The molecule has 0 bridgehead atoms. The Hall–Kier alpha value is -1.65. The first-order chi connectivity index (χ1) is 8.08. The van der Waals surface area contributed by atoms with Crippen molar-refractivity contribution in [2.24, 2.45) is 0 Å². The molecule has 0 aliphatic carbocycles. The number of aryl methyl sites for hydroxylation is 1. The van der Waals surface area contributed by atoms with Crippen LogP contribution in [-0.2, 0) is 4.79 Å². The van der Waals surface area contributed by atoms with Crippen molar-refractivity contribution in [2.75, 3.05) is 13.1 Å². The Morgan fingerprint density at radius 2 is 2.12 bits per heavy atom. The number of aromatic amines is 1. The molecule has 17 heavy (non-hydrogen) atoms. The molecule has 0 saturated carbocycles. The van der Waals surface area contributed by atoms with E-state index < -0.39 is 0 Å². The molecule has 5 heteroatoms. The van der Waals surface area contributed by atoms with E-state index in [-0.39, 0.29) is 17.4 Å². The molecule has 1 aromatic rings. The summed E-state index contributed by atoms with van der Waals surface area (Å²) in [6, 6.07) is 1.85. The van der Waals surface area contributed by atoms with Crippen molar-refractivity contribution in [3.63, 3.8) is 0 Å². The average molecular weight is 235 g/mol. The van der Waals surface area contributed by atoms with E-state index >= 15 is 0 Å². The summed E-state index contributed by atoms with van der Waals surface area (Å²) in [7, 11) is 0. The average Bonchev–Trinajstić information content (AvgIpc) is 2.32. The maximum atomic E-state index is 11.7. The van der Waals surface area contributed by atoms with Crippen molar-refractivity contribution in [1.29, 1.82) is 0 Å². The fraction of sp³-hybridized carbons (Fsp3) is 0.583. The first-order valence-corrected chi connectivity index (χ1v) is 5.89. The van der Waals surface area contributed by atoms with Crippen LogP contribution in [0.1, 0.15) is 36.9 Å². The second kappa shape index (κ2) is 4.69. The van der Waals surface area contributed by atoms with Crippen LogP contribution < -0.4 is 5.56 Å². The summed E-state index contributed by atoms with van der Waals surface area (Å²) in [5, 5.41) is 6.39. The number of H-pyrrole nitrogens is 1. The van der Waals surface area contributed by atoms with Crippen LogP contribution in [0.25, 0.3) is 0 Å². The smallest absolute Gasteiger partial charge is 0.267 e. The minimum Gasteiger partial charge on any atom is -0.343 e. The van der Waals surface area contributed by atoms with E-state index in [1.54, 1.807) is 6.92 Å². The van der Waals surface area contributed by atoms with Crippen molar-refractivity contribution in [2.45, 2.75) is 32.6 Å². The predicted molar refractivity (Wildman–Crippen MR) is 63.8 cm³/mol. The second-order valence-corrected chi connectivity index (χ2v) is 4.57. The van der Waals surface area contributed by atoms with E-state index in [9.17, 15) is 9.59 Å². The van der Waals surface area contributed by atoms with Gasteiger partial charge < -0.3 is 4.90 Å². The quantitative estimate of drug-likeness (QED) is 0.783. The fourth-order valence-electron chi connectivity index (χ4n) is 2.33. The van der Waals surface area contributed by atoms with Gasteiger partial charge in [0.1, 0.15) is 0 Å². The van der Waals surface area contributed by atoms with Crippen molar-refractivity contribution < 1.29 is 4.79 Å². The van der Waals surface area contributed by atoms with Crippen LogP contribution in [0.15, 0.2) is 10.9 Å². The minimum absolute atomic E-state index is 0.100. The molecule has 0 aromatic carbocycles. The summed E-state index contributed by atoms with van der Waals surface area (Å²) < 4.78 is 0. The highest BCUT2D eigenvalue weighted by Gasteiger charge is 2.23. The van der Waals surface area contributed by atoms with Gasteiger partial charge in [-0.05, 0) is 31.7 Å². The molecule has 0 spiro atoms. The highest BCUT2D eigenvalue weighted by molar-refractivity contribution is 5.73. The Kier molecular flexibility index (Phi) is 3.26. The van der Waals surface area contributed by atoms with E-state index in [1.807, 2.05) is 17.9 Å². The number of hydrogen-bond acceptors (Lipinski definition) is 3. The Balaban J connectivity index is 2.13. The van der Waals surface area contributed by atoms with Gasteiger partial charge in [-0.1, -0.05) is 0 Å². The summed E-state index contributed by atoms with van der Waals surface area (Å²) >= 11 is 0. The van der Waals surface area contributed by atoms with Crippen molar-refractivity contribution in [3.05, 3.63) is 27.7 Å². The van der Waals surface area contributed by atoms with E-state index in [1.165, 1.54) is 0 Å². The van der Waals surface area contributed by atoms with Crippen LogP contribution in [0.5, 0.6) is 0 Å². The number of carbonyl (C=O) groups is 1. The molecule has 1 aliphatic rings. The van der Waals surface area contributed by atoms with E-state index in [0.717, 1.165) is 37.2 Å². The van der Waals surface area contributed by atoms with Gasteiger partial charge in [0, 0.05) is 25.6 Å². The third-order valence-electron chi connectivity index (χ3n) is 3.34. The molecule has 1 aliphatic heterocycles. The number of likely N-dealkylation sites (tertiary alicyclic amines) is 1. The Morgan fingerprint density at radius 3 is 2.71 bits per heavy atom. The summed E-state index contributed by atoms with van der Waals surface area (Å²) in [5.41, 5.74) is 1.53. The summed E-state index contributed by atoms with van der Waals surface area (Å²) in [4.78, 5) is 24.7. The van der Waals surface area contributed by atoms with Crippen molar-refractivity contribution >= 4 is 5.91 Å². The number of hydrogen-bond donors (Lipinski definition) is 1. The molecular formula is C12H17N3O2. The van der Waals surface area contributed by atoms with Gasteiger partial charge in [0.25, 0.3) is 5.56 Å². The fourth-order valence-corrected chi connectivity index (χ4v) is 2.33. The summed E-state index contributed by atoms with van der Waals surface area (Å²) in [6.07, 6.45) is 1.71. The number of piperidine rings is 1. The molecule has 5 nitrogen and oxygen atoms in total. The normalized spacial score (nSPS) is 17.2.